The monoisotopic (exact) mass is 254 g/mol. The second-order valence-electron chi connectivity index (χ2n) is 3.32. The summed E-state index contributed by atoms with van der Waals surface area (Å²) < 4.78 is 1.73. The van der Waals surface area contributed by atoms with Crippen LogP contribution in [0.1, 0.15) is 16.1 Å². The Morgan fingerprint density at radius 1 is 1.38 bits per heavy atom. The van der Waals surface area contributed by atoms with Crippen LogP contribution in [0.3, 0.4) is 0 Å². The Balaban J connectivity index is 2.50. The van der Waals surface area contributed by atoms with Crippen LogP contribution in [0.2, 0.25) is 5.02 Å². The van der Waals surface area contributed by atoms with Crippen molar-refractivity contribution in [3.8, 4) is 5.69 Å². The van der Waals surface area contributed by atoms with Crippen LogP contribution in [-0.4, -0.2) is 15.0 Å². The Bertz CT molecular complexity index is 549. The van der Waals surface area contributed by atoms with Gasteiger partial charge >= 0.3 is 0 Å². The predicted octanol–water partition coefficient (Wildman–Crippen LogP) is 3.21. The summed E-state index contributed by atoms with van der Waals surface area (Å²) in [7, 11) is 0. The van der Waals surface area contributed by atoms with Crippen molar-refractivity contribution in [3.63, 3.8) is 0 Å². The third-order valence-electron chi connectivity index (χ3n) is 2.24. The number of aryl methyl sites for hydroxylation is 1. The molecule has 1 aromatic carbocycles. The number of nitrogens with zero attached hydrogens (tertiary/aromatic N) is 2. The molecule has 0 unspecified atom stereocenters. The molecule has 2 rings (SSSR count). The molecule has 1 aromatic heterocycles. The smallest absolute Gasteiger partial charge is 0.253 e. The molecule has 0 radical (unpaired) electrons. The number of carbonyl (C=O) groups is 1. The molecule has 0 aliphatic heterocycles. The lowest BCUT2D eigenvalue weighted by Crippen LogP contribution is -2.00. The number of aromatic nitrogens is 2. The lowest BCUT2D eigenvalue weighted by atomic mass is 10.2. The van der Waals surface area contributed by atoms with Crippen LogP contribution in [0.5, 0.6) is 0 Å². The zero-order chi connectivity index (χ0) is 11.7. The molecule has 3 nitrogen and oxygen atoms in total. The quantitative estimate of drug-likeness (QED) is 0.772. The average Bonchev–Trinajstić information content (AvgIpc) is 2.63. The first-order valence-corrected chi connectivity index (χ1v) is 5.35. The molecule has 0 fully saturated rings. The minimum atomic E-state index is -0.561. The van der Waals surface area contributed by atoms with Crippen molar-refractivity contribution in [2.24, 2.45) is 0 Å². The van der Waals surface area contributed by atoms with Gasteiger partial charge in [-0.25, -0.2) is 4.68 Å². The summed E-state index contributed by atoms with van der Waals surface area (Å²) in [4.78, 5) is 11.0. The van der Waals surface area contributed by atoms with Crippen LogP contribution in [0, 0.1) is 6.92 Å². The summed E-state index contributed by atoms with van der Waals surface area (Å²) in [5.41, 5.74) is 2.09. The van der Waals surface area contributed by atoms with Crippen LogP contribution in [0.15, 0.2) is 30.5 Å². The number of carbonyl (C=O) groups excluding carboxylic acids is 1. The Kier molecular flexibility index (Phi) is 2.99. The van der Waals surface area contributed by atoms with Gasteiger partial charge in [0.1, 0.15) is 0 Å². The molecule has 0 aliphatic rings. The van der Waals surface area contributed by atoms with Gasteiger partial charge in [-0.3, -0.25) is 4.79 Å². The molecule has 5 heteroatoms. The first-order chi connectivity index (χ1) is 7.59. The fraction of sp³-hybridized carbons (Fsp3) is 0.0909. The van der Waals surface area contributed by atoms with Crippen molar-refractivity contribution >= 4 is 28.4 Å². The summed E-state index contributed by atoms with van der Waals surface area (Å²) in [6, 6.07) is 6.89. The second-order valence-corrected chi connectivity index (χ2v) is 4.07. The first-order valence-electron chi connectivity index (χ1n) is 4.60. The summed E-state index contributed by atoms with van der Waals surface area (Å²) in [5, 5.41) is 3.91. The third-order valence-corrected chi connectivity index (χ3v) is 2.76. The molecular weight excluding hydrogens is 247 g/mol. The zero-order valence-corrected chi connectivity index (χ0v) is 9.96. The maximum atomic E-state index is 11.0. The van der Waals surface area contributed by atoms with Gasteiger partial charge < -0.3 is 0 Å². The van der Waals surface area contributed by atoms with Gasteiger partial charge in [-0.05, 0) is 42.8 Å². The number of rotatable bonds is 2. The third kappa shape index (κ3) is 1.96. The molecule has 82 valence electrons. The van der Waals surface area contributed by atoms with E-state index in [0.717, 1.165) is 11.4 Å². The molecule has 0 aliphatic carbocycles. The van der Waals surface area contributed by atoms with Gasteiger partial charge in [0.25, 0.3) is 5.24 Å². The highest BCUT2D eigenvalue weighted by atomic mass is 35.5. The van der Waals surface area contributed by atoms with E-state index in [2.05, 4.69) is 5.10 Å². The van der Waals surface area contributed by atoms with Gasteiger partial charge in [-0.1, -0.05) is 11.6 Å². The molecule has 0 amide bonds. The van der Waals surface area contributed by atoms with E-state index >= 15 is 0 Å². The van der Waals surface area contributed by atoms with Crippen molar-refractivity contribution in [1.29, 1.82) is 0 Å². The normalized spacial score (nSPS) is 10.4. The van der Waals surface area contributed by atoms with Gasteiger partial charge in [0.15, 0.2) is 0 Å². The van der Waals surface area contributed by atoms with Crippen molar-refractivity contribution in [2.45, 2.75) is 6.92 Å². The summed E-state index contributed by atoms with van der Waals surface area (Å²) in [6.07, 6.45) is 1.70. The standard InChI is InChI=1S/C11H8Cl2N2O/c1-7-4-5-14-15(7)8-2-3-9(11(13)16)10(12)6-8/h2-6H,1H3. The SMILES string of the molecule is Cc1ccnn1-c1ccc(C(=O)Cl)c(Cl)c1. The highest BCUT2D eigenvalue weighted by Gasteiger charge is 2.09. The van der Waals surface area contributed by atoms with Crippen LogP contribution in [-0.2, 0) is 0 Å². The van der Waals surface area contributed by atoms with E-state index in [-0.39, 0.29) is 0 Å². The van der Waals surface area contributed by atoms with Crippen LogP contribution >= 0.6 is 23.2 Å². The second kappa shape index (κ2) is 4.28. The molecule has 1 heterocycles. The Hall–Kier alpha value is -1.32. The van der Waals surface area contributed by atoms with E-state index in [4.69, 9.17) is 23.2 Å². The van der Waals surface area contributed by atoms with E-state index in [1.807, 2.05) is 13.0 Å². The molecule has 0 saturated heterocycles. The van der Waals surface area contributed by atoms with Crippen molar-refractivity contribution in [2.75, 3.05) is 0 Å². The van der Waals surface area contributed by atoms with E-state index in [0.29, 0.717) is 10.6 Å². The number of hydrogen-bond donors (Lipinski definition) is 0. The molecule has 0 N–H and O–H groups in total. The predicted molar refractivity (Wildman–Crippen MR) is 63.5 cm³/mol. The van der Waals surface area contributed by atoms with Gasteiger partial charge in [-0.2, -0.15) is 5.10 Å². The first kappa shape index (κ1) is 11.2. The van der Waals surface area contributed by atoms with Gasteiger partial charge in [0.2, 0.25) is 0 Å². The van der Waals surface area contributed by atoms with Gasteiger partial charge in [0.05, 0.1) is 16.3 Å². The summed E-state index contributed by atoms with van der Waals surface area (Å²) >= 11 is 11.3. The molecule has 0 bridgehead atoms. The topological polar surface area (TPSA) is 34.9 Å². The summed E-state index contributed by atoms with van der Waals surface area (Å²) in [5.74, 6) is 0. The minimum Gasteiger partial charge on any atom is -0.276 e. The van der Waals surface area contributed by atoms with Gasteiger partial charge in [0, 0.05) is 11.9 Å². The fourth-order valence-corrected chi connectivity index (χ4v) is 1.91. The maximum absolute atomic E-state index is 11.0. The zero-order valence-electron chi connectivity index (χ0n) is 8.45. The van der Waals surface area contributed by atoms with E-state index in [9.17, 15) is 4.79 Å². The highest BCUT2D eigenvalue weighted by Crippen LogP contribution is 2.22. The lowest BCUT2D eigenvalue weighted by molar-refractivity contribution is 0.108. The van der Waals surface area contributed by atoms with Crippen molar-refractivity contribution in [1.82, 2.24) is 9.78 Å². The minimum absolute atomic E-state index is 0.303. The molecule has 0 spiro atoms. The maximum Gasteiger partial charge on any atom is 0.253 e. The van der Waals surface area contributed by atoms with Crippen molar-refractivity contribution in [3.05, 3.63) is 46.7 Å². The number of halogens is 2. The van der Waals surface area contributed by atoms with E-state index < -0.39 is 5.24 Å². The van der Waals surface area contributed by atoms with Crippen LogP contribution < -0.4 is 0 Å². The van der Waals surface area contributed by atoms with Gasteiger partial charge in [-0.15, -0.1) is 0 Å². The summed E-state index contributed by atoms with van der Waals surface area (Å²) in [6.45, 7) is 1.93. The van der Waals surface area contributed by atoms with Crippen LogP contribution in [0.4, 0.5) is 0 Å². The van der Waals surface area contributed by atoms with Crippen molar-refractivity contribution < 1.29 is 4.79 Å². The Morgan fingerprint density at radius 2 is 2.12 bits per heavy atom. The van der Waals surface area contributed by atoms with E-state index in [1.165, 1.54) is 0 Å². The molecule has 0 atom stereocenters. The molecule has 0 saturated carbocycles. The Morgan fingerprint density at radius 3 is 2.62 bits per heavy atom. The molecule has 2 aromatic rings. The number of benzene rings is 1. The lowest BCUT2D eigenvalue weighted by Gasteiger charge is -2.06. The highest BCUT2D eigenvalue weighted by molar-refractivity contribution is 6.68. The Labute approximate surface area is 103 Å². The average molecular weight is 255 g/mol. The molecule has 16 heavy (non-hydrogen) atoms. The number of hydrogen-bond acceptors (Lipinski definition) is 2. The van der Waals surface area contributed by atoms with Crippen LogP contribution in [0.25, 0.3) is 5.69 Å². The van der Waals surface area contributed by atoms with E-state index in [1.54, 1.807) is 29.1 Å². The molecular formula is C11H8Cl2N2O. The fourth-order valence-electron chi connectivity index (χ4n) is 1.44. The largest absolute Gasteiger partial charge is 0.276 e.